The molecular weight excluding hydrogens is 386 g/mol. The molecule has 8 heteroatoms. The standard InChI is InChI=1S/C21H25N5O2S/c1-14-17(15(2)28-24-14)20(27)25-9-3-6-21(8-11-25)7-4-10-26(21)19-18-16(5-12-29-18)22-13-23-19/h5,12-13H,3-4,6-11H2,1-2H3/t21-/m1/s1. The van der Waals surface area contributed by atoms with Gasteiger partial charge in [0.2, 0.25) is 0 Å². The van der Waals surface area contributed by atoms with Crippen LogP contribution in [-0.4, -0.2) is 51.1 Å². The van der Waals surface area contributed by atoms with Gasteiger partial charge in [0, 0.05) is 25.2 Å². The van der Waals surface area contributed by atoms with E-state index in [1.54, 1.807) is 17.7 Å². The van der Waals surface area contributed by atoms with Gasteiger partial charge in [-0.2, -0.15) is 0 Å². The van der Waals surface area contributed by atoms with Gasteiger partial charge in [-0.3, -0.25) is 4.79 Å². The molecule has 0 aromatic carbocycles. The van der Waals surface area contributed by atoms with E-state index in [0.717, 1.165) is 63.1 Å². The second-order valence-electron chi connectivity index (χ2n) is 8.16. The fourth-order valence-electron chi connectivity index (χ4n) is 5.09. The number of hydrogen-bond acceptors (Lipinski definition) is 7. The Morgan fingerprint density at radius 1 is 1.14 bits per heavy atom. The minimum Gasteiger partial charge on any atom is -0.361 e. The molecule has 152 valence electrons. The number of nitrogens with zero attached hydrogens (tertiary/aromatic N) is 5. The van der Waals surface area contributed by atoms with Crippen molar-refractivity contribution in [2.75, 3.05) is 24.5 Å². The molecule has 1 amide bonds. The number of rotatable bonds is 2. The molecule has 7 nitrogen and oxygen atoms in total. The van der Waals surface area contributed by atoms with Gasteiger partial charge in [-0.25, -0.2) is 9.97 Å². The number of aromatic nitrogens is 3. The lowest BCUT2D eigenvalue weighted by Gasteiger charge is -2.39. The van der Waals surface area contributed by atoms with Crippen molar-refractivity contribution >= 4 is 33.3 Å². The maximum atomic E-state index is 13.1. The number of carbonyl (C=O) groups is 1. The van der Waals surface area contributed by atoms with Gasteiger partial charge in [-0.15, -0.1) is 11.3 Å². The van der Waals surface area contributed by atoms with Gasteiger partial charge < -0.3 is 14.3 Å². The zero-order valence-corrected chi connectivity index (χ0v) is 17.7. The third-order valence-corrected chi connectivity index (χ3v) is 7.43. The van der Waals surface area contributed by atoms with Gasteiger partial charge in [0.25, 0.3) is 5.91 Å². The minimum atomic E-state index is 0.0468. The molecule has 0 N–H and O–H groups in total. The molecule has 5 heterocycles. The summed E-state index contributed by atoms with van der Waals surface area (Å²) in [6.07, 6.45) is 7.02. The lowest BCUT2D eigenvalue weighted by atomic mass is 9.87. The van der Waals surface area contributed by atoms with Crippen molar-refractivity contribution in [3.05, 3.63) is 34.8 Å². The summed E-state index contributed by atoms with van der Waals surface area (Å²) in [4.78, 5) is 26.7. The molecule has 2 aliphatic rings. The van der Waals surface area contributed by atoms with E-state index in [2.05, 4.69) is 31.5 Å². The maximum absolute atomic E-state index is 13.1. The average molecular weight is 412 g/mol. The Kier molecular flexibility index (Phi) is 4.53. The highest BCUT2D eigenvalue weighted by Gasteiger charge is 2.43. The Morgan fingerprint density at radius 2 is 1.97 bits per heavy atom. The molecule has 3 aromatic rings. The van der Waals surface area contributed by atoms with Crippen molar-refractivity contribution in [3.8, 4) is 0 Å². The molecule has 0 radical (unpaired) electrons. The molecule has 0 bridgehead atoms. The van der Waals surface area contributed by atoms with Crippen molar-refractivity contribution in [1.82, 2.24) is 20.0 Å². The van der Waals surface area contributed by atoms with Crippen LogP contribution in [0.3, 0.4) is 0 Å². The summed E-state index contributed by atoms with van der Waals surface area (Å²) in [6, 6.07) is 2.06. The zero-order chi connectivity index (χ0) is 20.0. The fraction of sp³-hybridized carbons (Fsp3) is 0.524. The Hall–Kier alpha value is -2.48. The predicted octanol–water partition coefficient (Wildman–Crippen LogP) is 3.96. The van der Waals surface area contributed by atoms with Gasteiger partial charge in [-0.05, 0) is 57.4 Å². The number of likely N-dealkylation sites (tertiary alicyclic amines) is 1. The van der Waals surface area contributed by atoms with Crippen molar-refractivity contribution in [2.45, 2.75) is 51.5 Å². The lowest BCUT2D eigenvalue weighted by Crippen LogP contribution is -2.45. The summed E-state index contributed by atoms with van der Waals surface area (Å²) in [5, 5.41) is 6.04. The number of fused-ring (bicyclic) bond motifs is 1. The maximum Gasteiger partial charge on any atom is 0.259 e. The Morgan fingerprint density at radius 3 is 2.76 bits per heavy atom. The third kappa shape index (κ3) is 3.01. The number of hydrogen-bond donors (Lipinski definition) is 0. The molecule has 1 atom stereocenters. The highest BCUT2D eigenvalue weighted by atomic mass is 32.1. The highest BCUT2D eigenvalue weighted by Crippen LogP contribution is 2.43. The van der Waals surface area contributed by atoms with Gasteiger partial charge in [-0.1, -0.05) is 5.16 Å². The SMILES string of the molecule is Cc1noc(C)c1C(=O)N1CCC[C@@]2(CCCN2c2ncnc3ccsc23)CC1. The molecule has 2 saturated heterocycles. The quantitative estimate of drug-likeness (QED) is 0.635. The molecule has 3 aromatic heterocycles. The second-order valence-corrected chi connectivity index (χ2v) is 9.07. The van der Waals surface area contributed by atoms with Crippen LogP contribution < -0.4 is 4.90 Å². The Bertz CT molecular complexity index is 1040. The van der Waals surface area contributed by atoms with Crippen LogP contribution in [0.4, 0.5) is 5.82 Å². The Balaban J connectivity index is 1.42. The first kappa shape index (κ1) is 18.5. The number of aryl methyl sites for hydroxylation is 2. The van der Waals surface area contributed by atoms with E-state index in [1.165, 1.54) is 4.70 Å². The largest absolute Gasteiger partial charge is 0.361 e. The van der Waals surface area contributed by atoms with Crippen LogP contribution in [-0.2, 0) is 0 Å². The number of anilines is 1. The molecule has 0 aliphatic carbocycles. The first-order valence-corrected chi connectivity index (χ1v) is 11.1. The van der Waals surface area contributed by atoms with Gasteiger partial charge in [0.05, 0.1) is 15.9 Å². The van der Waals surface area contributed by atoms with Crippen LogP contribution in [0.2, 0.25) is 0 Å². The number of thiophene rings is 1. The van der Waals surface area contributed by atoms with Crippen molar-refractivity contribution < 1.29 is 9.32 Å². The Labute approximate surface area is 173 Å². The van der Waals surface area contributed by atoms with E-state index in [4.69, 9.17) is 4.52 Å². The molecule has 2 aliphatic heterocycles. The zero-order valence-electron chi connectivity index (χ0n) is 16.8. The van der Waals surface area contributed by atoms with E-state index in [1.807, 2.05) is 18.7 Å². The van der Waals surface area contributed by atoms with E-state index in [-0.39, 0.29) is 11.4 Å². The van der Waals surface area contributed by atoms with Crippen LogP contribution in [0.1, 0.15) is 53.9 Å². The summed E-state index contributed by atoms with van der Waals surface area (Å²) in [6.45, 7) is 6.19. The number of amides is 1. The van der Waals surface area contributed by atoms with E-state index < -0.39 is 0 Å². The van der Waals surface area contributed by atoms with E-state index >= 15 is 0 Å². The number of carbonyl (C=O) groups excluding carboxylic acids is 1. The molecule has 5 rings (SSSR count). The van der Waals surface area contributed by atoms with E-state index in [9.17, 15) is 4.79 Å². The molecular formula is C21H25N5O2S. The van der Waals surface area contributed by atoms with Crippen molar-refractivity contribution in [2.24, 2.45) is 0 Å². The molecule has 0 saturated carbocycles. The first-order chi connectivity index (χ1) is 14.1. The second kappa shape index (κ2) is 7.09. The predicted molar refractivity (Wildman–Crippen MR) is 112 cm³/mol. The summed E-state index contributed by atoms with van der Waals surface area (Å²) in [5.41, 5.74) is 2.39. The summed E-state index contributed by atoms with van der Waals surface area (Å²) >= 11 is 1.71. The molecule has 0 unspecified atom stereocenters. The fourth-order valence-corrected chi connectivity index (χ4v) is 5.93. The average Bonchev–Trinajstić information content (AvgIpc) is 3.39. The molecule has 29 heavy (non-hydrogen) atoms. The molecule has 2 fully saturated rings. The normalized spacial score (nSPS) is 22.6. The minimum absolute atomic E-state index is 0.0468. The summed E-state index contributed by atoms with van der Waals surface area (Å²) < 4.78 is 6.39. The van der Waals surface area contributed by atoms with Gasteiger partial charge in [0.1, 0.15) is 23.5 Å². The first-order valence-electron chi connectivity index (χ1n) is 10.3. The third-order valence-electron chi connectivity index (χ3n) is 6.53. The summed E-state index contributed by atoms with van der Waals surface area (Å²) in [7, 11) is 0. The van der Waals surface area contributed by atoms with Gasteiger partial charge >= 0.3 is 0 Å². The molecule has 1 spiro atoms. The van der Waals surface area contributed by atoms with Crippen molar-refractivity contribution in [1.29, 1.82) is 0 Å². The van der Waals surface area contributed by atoms with Crippen LogP contribution in [0.15, 0.2) is 22.3 Å². The smallest absolute Gasteiger partial charge is 0.259 e. The van der Waals surface area contributed by atoms with Gasteiger partial charge in [0.15, 0.2) is 0 Å². The van der Waals surface area contributed by atoms with Crippen LogP contribution in [0.25, 0.3) is 10.2 Å². The van der Waals surface area contributed by atoms with Crippen LogP contribution in [0, 0.1) is 13.8 Å². The topological polar surface area (TPSA) is 75.4 Å². The summed E-state index contributed by atoms with van der Waals surface area (Å²) in [5.74, 6) is 1.72. The van der Waals surface area contributed by atoms with Crippen LogP contribution >= 0.6 is 11.3 Å². The highest BCUT2D eigenvalue weighted by molar-refractivity contribution is 7.17. The monoisotopic (exact) mass is 411 g/mol. The van der Waals surface area contributed by atoms with E-state index in [0.29, 0.717) is 17.0 Å². The van der Waals surface area contributed by atoms with Crippen LogP contribution in [0.5, 0.6) is 0 Å². The van der Waals surface area contributed by atoms with Crippen molar-refractivity contribution in [3.63, 3.8) is 0 Å². The lowest BCUT2D eigenvalue weighted by molar-refractivity contribution is 0.0757.